The van der Waals surface area contributed by atoms with Gasteiger partial charge in [-0.15, -0.1) is 0 Å². The lowest BCUT2D eigenvalue weighted by atomic mass is 9.95. The van der Waals surface area contributed by atoms with Crippen LogP contribution in [0.1, 0.15) is 30.5 Å². The number of guanidine groups is 1. The Morgan fingerprint density at radius 2 is 1.96 bits per heavy atom. The fourth-order valence-corrected chi connectivity index (χ4v) is 3.28. The molecule has 138 valence electrons. The first-order valence-corrected chi connectivity index (χ1v) is 9.02. The minimum Gasteiger partial charge on any atom is -0.369 e. The van der Waals surface area contributed by atoms with Gasteiger partial charge in [0.25, 0.3) is 0 Å². The first kappa shape index (κ1) is 17.3. The van der Waals surface area contributed by atoms with Crippen LogP contribution in [0.25, 0.3) is 11.1 Å². The normalized spacial score (nSPS) is 15.5. The van der Waals surface area contributed by atoms with Crippen molar-refractivity contribution in [1.82, 2.24) is 5.16 Å². The zero-order chi connectivity index (χ0) is 18.8. The quantitative estimate of drug-likeness (QED) is 0.755. The molecule has 0 bridgehead atoms. The molecule has 1 aliphatic heterocycles. The summed E-state index contributed by atoms with van der Waals surface area (Å²) in [7, 11) is 0. The summed E-state index contributed by atoms with van der Waals surface area (Å²) in [6, 6.07) is 16.7. The summed E-state index contributed by atoms with van der Waals surface area (Å²) in [5.41, 5.74) is 8.96. The SMILES string of the molecule is CC(c1ccc(-c2ccccc2)c(F)c1)c1cc(N2CCCN=C2N)on1. The second-order valence-corrected chi connectivity index (χ2v) is 6.66. The largest absolute Gasteiger partial charge is 0.369 e. The highest BCUT2D eigenvalue weighted by molar-refractivity contribution is 5.94. The van der Waals surface area contributed by atoms with Gasteiger partial charge in [0.05, 0.1) is 5.69 Å². The molecule has 1 aromatic heterocycles. The Morgan fingerprint density at radius 1 is 1.15 bits per heavy atom. The van der Waals surface area contributed by atoms with Crippen LogP contribution in [-0.2, 0) is 0 Å². The number of hydrogen-bond acceptors (Lipinski definition) is 5. The van der Waals surface area contributed by atoms with E-state index in [1.54, 1.807) is 6.07 Å². The molecular formula is C21H21FN4O. The average molecular weight is 364 g/mol. The number of benzene rings is 2. The lowest BCUT2D eigenvalue weighted by Gasteiger charge is -2.23. The fraction of sp³-hybridized carbons (Fsp3) is 0.238. The minimum atomic E-state index is -0.248. The highest BCUT2D eigenvalue weighted by Crippen LogP contribution is 2.30. The van der Waals surface area contributed by atoms with Gasteiger partial charge in [-0.3, -0.25) is 9.89 Å². The molecule has 0 fully saturated rings. The molecule has 1 aliphatic rings. The first-order chi connectivity index (χ1) is 13.1. The van der Waals surface area contributed by atoms with Crippen molar-refractivity contribution in [2.45, 2.75) is 19.3 Å². The standard InChI is InChI=1S/C21H21FN4O/c1-14(19-13-20(27-25-19)26-11-5-10-24-21(26)23)16-8-9-17(18(22)12-16)15-6-3-2-4-7-15/h2-4,6-9,12-14H,5,10-11H2,1H3,(H2,23,24). The van der Waals surface area contributed by atoms with Crippen LogP contribution in [0.2, 0.25) is 0 Å². The predicted octanol–water partition coefficient (Wildman–Crippen LogP) is 4.16. The monoisotopic (exact) mass is 364 g/mol. The number of aromatic nitrogens is 1. The Bertz CT molecular complexity index is 967. The van der Waals surface area contributed by atoms with Gasteiger partial charge >= 0.3 is 0 Å². The summed E-state index contributed by atoms with van der Waals surface area (Å²) in [5, 5.41) is 4.16. The van der Waals surface area contributed by atoms with Crippen LogP contribution in [-0.4, -0.2) is 24.2 Å². The van der Waals surface area contributed by atoms with Gasteiger partial charge in [-0.25, -0.2) is 4.39 Å². The van der Waals surface area contributed by atoms with Gasteiger partial charge in [0.2, 0.25) is 5.88 Å². The summed E-state index contributed by atoms with van der Waals surface area (Å²) in [6.45, 7) is 3.46. The number of rotatable bonds is 4. The summed E-state index contributed by atoms with van der Waals surface area (Å²) in [4.78, 5) is 6.04. The fourth-order valence-electron chi connectivity index (χ4n) is 3.28. The van der Waals surface area contributed by atoms with E-state index in [2.05, 4.69) is 10.1 Å². The molecule has 0 saturated heterocycles. The Balaban J connectivity index is 1.58. The van der Waals surface area contributed by atoms with Gasteiger partial charge in [-0.05, 0) is 23.6 Å². The molecule has 0 saturated carbocycles. The van der Waals surface area contributed by atoms with E-state index in [0.29, 0.717) is 17.4 Å². The maximum absolute atomic E-state index is 14.7. The second-order valence-electron chi connectivity index (χ2n) is 6.66. The maximum atomic E-state index is 14.7. The van der Waals surface area contributed by atoms with E-state index < -0.39 is 0 Å². The molecule has 0 amide bonds. The third-order valence-corrected chi connectivity index (χ3v) is 4.89. The smallest absolute Gasteiger partial charge is 0.234 e. The Labute approximate surface area is 157 Å². The van der Waals surface area contributed by atoms with Gasteiger partial charge in [0.15, 0.2) is 5.96 Å². The topological polar surface area (TPSA) is 67.7 Å². The molecule has 1 atom stereocenters. The van der Waals surface area contributed by atoms with Crippen molar-refractivity contribution in [2.75, 3.05) is 18.0 Å². The number of hydrogen-bond donors (Lipinski definition) is 1. The van der Waals surface area contributed by atoms with Crippen LogP contribution in [0.5, 0.6) is 0 Å². The molecule has 1 unspecified atom stereocenters. The molecule has 0 radical (unpaired) electrons. The second kappa shape index (κ2) is 7.23. The van der Waals surface area contributed by atoms with E-state index >= 15 is 0 Å². The Morgan fingerprint density at radius 3 is 2.70 bits per heavy atom. The van der Waals surface area contributed by atoms with Gasteiger partial charge in [0, 0.05) is 30.6 Å². The van der Waals surface area contributed by atoms with E-state index in [1.807, 2.05) is 60.4 Å². The third kappa shape index (κ3) is 3.43. The van der Waals surface area contributed by atoms with Crippen LogP contribution in [0.4, 0.5) is 10.3 Å². The van der Waals surface area contributed by atoms with E-state index in [1.165, 1.54) is 0 Å². The summed E-state index contributed by atoms with van der Waals surface area (Å²) in [6.07, 6.45) is 0.915. The Hall–Kier alpha value is -3.15. The van der Waals surface area contributed by atoms with Gasteiger partial charge < -0.3 is 10.3 Å². The molecule has 3 aromatic rings. The number of nitrogens with two attached hydrogens (primary N) is 1. The number of aliphatic imine (C=N–C) groups is 1. The summed E-state index contributed by atoms with van der Waals surface area (Å²) >= 11 is 0. The zero-order valence-electron chi connectivity index (χ0n) is 15.1. The van der Waals surface area contributed by atoms with Gasteiger partial charge in [0.1, 0.15) is 5.82 Å². The van der Waals surface area contributed by atoms with Crippen LogP contribution in [0, 0.1) is 5.82 Å². The molecule has 2 aromatic carbocycles. The van der Waals surface area contributed by atoms with Gasteiger partial charge in [-0.1, -0.05) is 54.5 Å². The highest BCUT2D eigenvalue weighted by Gasteiger charge is 2.22. The van der Waals surface area contributed by atoms with Crippen LogP contribution < -0.4 is 10.6 Å². The van der Waals surface area contributed by atoms with Gasteiger partial charge in [-0.2, -0.15) is 0 Å². The molecular weight excluding hydrogens is 343 g/mol. The average Bonchev–Trinajstić information content (AvgIpc) is 3.18. The first-order valence-electron chi connectivity index (χ1n) is 9.02. The van der Waals surface area contributed by atoms with Crippen molar-refractivity contribution in [2.24, 2.45) is 10.7 Å². The summed E-state index contributed by atoms with van der Waals surface area (Å²) in [5.74, 6) is 0.653. The number of anilines is 1. The van der Waals surface area contributed by atoms with Crippen LogP contribution >= 0.6 is 0 Å². The van der Waals surface area contributed by atoms with Crippen molar-refractivity contribution in [1.29, 1.82) is 0 Å². The molecule has 5 nitrogen and oxygen atoms in total. The molecule has 2 heterocycles. The highest BCUT2D eigenvalue weighted by atomic mass is 19.1. The minimum absolute atomic E-state index is 0.107. The molecule has 6 heteroatoms. The predicted molar refractivity (Wildman–Crippen MR) is 104 cm³/mol. The van der Waals surface area contributed by atoms with Crippen LogP contribution in [0.3, 0.4) is 0 Å². The van der Waals surface area contributed by atoms with Crippen molar-refractivity contribution < 1.29 is 8.91 Å². The Kier molecular flexibility index (Phi) is 4.62. The van der Waals surface area contributed by atoms with Crippen molar-refractivity contribution in [3.63, 3.8) is 0 Å². The van der Waals surface area contributed by atoms with E-state index in [0.717, 1.165) is 36.3 Å². The van der Waals surface area contributed by atoms with Crippen molar-refractivity contribution in [3.05, 3.63) is 71.7 Å². The lowest BCUT2D eigenvalue weighted by Crippen LogP contribution is -2.41. The van der Waals surface area contributed by atoms with Crippen molar-refractivity contribution >= 4 is 11.8 Å². The maximum Gasteiger partial charge on any atom is 0.234 e. The van der Waals surface area contributed by atoms with E-state index in [4.69, 9.17) is 10.3 Å². The lowest BCUT2D eigenvalue weighted by molar-refractivity contribution is 0.412. The summed E-state index contributed by atoms with van der Waals surface area (Å²) < 4.78 is 20.1. The zero-order valence-corrected chi connectivity index (χ0v) is 15.1. The third-order valence-electron chi connectivity index (χ3n) is 4.89. The molecule has 2 N–H and O–H groups in total. The molecule has 27 heavy (non-hydrogen) atoms. The molecule has 0 aliphatic carbocycles. The molecule has 4 rings (SSSR count). The van der Waals surface area contributed by atoms with E-state index in [-0.39, 0.29) is 11.7 Å². The van der Waals surface area contributed by atoms with Crippen LogP contribution in [0.15, 0.2) is 64.1 Å². The number of halogens is 1. The molecule has 0 spiro atoms. The number of nitrogens with zero attached hydrogens (tertiary/aromatic N) is 3. The van der Waals surface area contributed by atoms with E-state index in [9.17, 15) is 4.39 Å². The van der Waals surface area contributed by atoms with Crippen molar-refractivity contribution in [3.8, 4) is 11.1 Å².